The van der Waals surface area contributed by atoms with E-state index in [1.165, 1.54) is 0 Å². The van der Waals surface area contributed by atoms with E-state index in [0.29, 0.717) is 5.75 Å². The fourth-order valence-corrected chi connectivity index (χ4v) is 1.29. The summed E-state index contributed by atoms with van der Waals surface area (Å²) >= 11 is 0. The highest BCUT2D eigenvalue weighted by atomic mass is 16.5. The molecule has 0 aromatic heterocycles. The lowest BCUT2D eigenvalue weighted by molar-refractivity contribution is -0.146. The van der Waals surface area contributed by atoms with Crippen molar-refractivity contribution in [3.05, 3.63) is 29.8 Å². The minimum Gasteiger partial charge on any atom is -0.497 e. The molecular formula is C12H15NO5. The molecule has 0 bridgehead atoms. The third-order valence-electron chi connectivity index (χ3n) is 2.30. The number of aliphatic carboxylic acids is 1. The fraction of sp³-hybridized carbons (Fsp3) is 0.333. The van der Waals surface area contributed by atoms with Crippen LogP contribution >= 0.6 is 0 Å². The number of carboxylic acid groups (broad SMARTS) is 1. The van der Waals surface area contributed by atoms with Gasteiger partial charge in [0.15, 0.2) is 6.10 Å². The number of carbonyl (C=O) groups excluding carboxylic acids is 1. The summed E-state index contributed by atoms with van der Waals surface area (Å²) < 4.78 is 4.98. The van der Waals surface area contributed by atoms with E-state index in [4.69, 9.17) is 14.9 Å². The molecule has 6 nitrogen and oxygen atoms in total. The van der Waals surface area contributed by atoms with E-state index in [1.807, 2.05) is 0 Å². The molecule has 0 unspecified atom stereocenters. The monoisotopic (exact) mass is 253 g/mol. The molecule has 0 saturated carbocycles. The van der Waals surface area contributed by atoms with E-state index in [2.05, 4.69) is 5.32 Å². The highest BCUT2D eigenvalue weighted by Crippen LogP contribution is 2.11. The van der Waals surface area contributed by atoms with Crippen LogP contribution in [0, 0.1) is 0 Å². The molecule has 18 heavy (non-hydrogen) atoms. The number of amides is 1. The van der Waals surface area contributed by atoms with E-state index >= 15 is 0 Å². The first-order valence-electron chi connectivity index (χ1n) is 5.33. The van der Waals surface area contributed by atoms with Gasteiger partial charge in [-0.15, -0.1) is 0 Å². The van der Waals surface area contributed by atoms with Crippen LogP contribution in [0.25, 0.3) is 0 Å². The number of rotatable bonds is 6. The van der Waals surface area contributed by atoms with Crippen LogP contribution in [0.3, 0.4) is 0 Å². The third kappa shape index (κ3) is 4.42. The molecule has 1 aromatic rings. The minimum atomic E-state index is -1.58. The maximum atomic E-state index is 11.4. The fourth-order valence-electron chi connectivity index (χ4n) is 1.29. The van der Waals surface area contributed by atoms with Gasteiger partial charge in [0.25, 0.3) is 0 Å². The summed E-state index contributed by atoms with van der Waals surface area (Å²) in [6, 6.07) is 6.95. The van der Waals surface area contributed by atoms with Gasteiger partial charge in [-0.25, -0.2) is 4.79 Å². The minimum absolute atomic E-state index is 0.121. The van der Waals surface area contributed by atoms with Gasteiger partial charge in [-0.1, -0.05) is 12.1 Å². The second-order valence-electron chi connectivity index (χ2n) is 3.68. The number of carboxylic acids is 1. The van der Waals surface area contributed by atoms with Crippen LogP contribution in [0.2, 0.25) is 0 Å². The van der Waals surface area contributed by atoms with E-state index in [-0.39, 0.29) is 18.9 Å². The average Bonchev–Trinajstić information content (AvgIpc) is 2.36. The van der Waals surface area contributed by atoms with Crippen molar-refractivity contribution in [3.63, 3.8) is 0 Å². The number of hydrogen-bond donors (Lipinski definition) is 3. The molecule has 1 aromatic carbocycles. The van der Waals surface area contributed by atoms with Crippen LogP contribution in [0.1, 0.15) is 5.56 Å². The second-order valence-corrected chi connectivity index (χ2v) is 3.68. The van der Waals surface area contributed by atoms with Gasteiger partial charge in [0, 0.05) is 0 Å². The number of methoxy groups -OCH3 is 1. The Kier molecular flexibility index (Phi) is 5.13. The summed E-state index contributed by atoms with van der Waals surface area (Å²) in [7, 11) is 1.55. The van der Waals surface area contributed by atoms with Gasteiger partial charge in [-0.05, 0) is 17.7 Å². The zero-order valence-corrected chi connectivity index (χ0v) is 9.92. The molecule has 0 heterocycles. The Hall–Kier alpha value is -2.08. The Morgan fingerprint density at radius 3 is 2.44 bits per heavy atom. The van der Waals surface area contributed by atoms with Crippen molar-refractivity contribution in [2.75, 3.05) is 13.7 Å². The first-order valence-corrected chi connectivity index (χ1v) is 5.33. The molecule has 0 aliphatic rings. The van der Waals surface area contributed by atoms with E-state index in [1.54, 1.807) is 31.4 Å². The SMILES string of the molecule is COc1ccc(CC(=O)NC[C@@H](O)C(=O)O)cc1. The van der Waals surface area contributed by atoms with Crippen LogP contribution in [0.5, 0.6) is 5.75 Å². The predicted octanol–water partition coefficient (Wildman–Crippen LogP) is -0.201. The number of hydrogen-bond acceptors (Lipinski definition) is 4. The van der Waals surface area contributed by atoms with Gasteiger partial charge < -0.3 is 20.3 Å². The summed E-state index contributed by atoms with van der Waals surface area (Å²) in [5, 5.41) is 19.7. The normalized spacial score (nSPS) is 11.7. The molecule has 3 N–H and O–H groups in total. The van der Waals surface area contributed by atoms with Crippen molar-refractivity contribution in [1.29, 1.82) is 0 Å². The lowest BCUT2D eigenvalue weighted by Crippen LogP contribution is -2.37. The summed E-state index contributed by atoms with van der Waals surface area (Å²) in [6.07, 6.45) is -1.46. The quantitative estimate of drug-likeness (QED) is 0.652. The molecule has 0 aliphatic heterocycles. The number of carbonyl (C=O) groups is 2. The van der Waals surface area contributed by atoms with Crippen molar-refractivity contribution >= 4 is 11.9 Å². The molecule has 0 fully saturated rings. The summed E-state index contributed by atoms with van der Waals surface area (Å²) in [6.45, 7) is -0.301. The van der Waals surface area contributed by atoms with Gasteiger partial charge in [0.05, 0.1) is 20.1 Å². The number of nitrogens with one attached hydrogen (secondary N) is 1. The predicted molar refractivity (Wildman–Crippen MR) is 63.4 cm³/mol. The molecule has 0 spiro atoms. The number of benzene rings is 1. The van der Waals surface area contributed by atoms with Crippen LogP contribution in [0.15, 0.2) is 24.3 Å². The van der Waals surface area contributed by atoms with Crippen molar-refractivity contribution in [1.82, 2.24) is 5.32 Å². The maximum absolute atomic E-state index is 11.4. The summed E-state index contributed by atoms with van der Waals surface area (Å²) in [5.41, 5.74) is 0.776. The van der Waals surface area contributed by atoms with Crippen LogP contribution < -0.4 is 10.1 Å². The van der Waals surface area contributed by atoms with Crippen LogP contribution in [0.4, 0.5) is 0 Å². The van der Waals surface area contributed by atoms with Gasteiger partial charge >= 0.3 is 5.97 Å². The Bertz CT molecular complexity index is 415. The Labute approximate surface area is 104 Å². The average molecular weight is 253 g/mol. The standard InChI is InChI=1S/C12H15NO5/c1-18-9-4-2-8(3-5-9)6-11(15)13-7-10(14)12(16)17/h2-5,10,14H,6-7H2,1H3,(H,13,15)(H,16,17)/t10-/m1/s1. The Morgan fingerprint density at radius 2 is 1.94 bits per heavy atom. The zero-order chi connectivity index (χ0) is 13.5. The zero-order valence-electron chi connectivity index (χ0n) is 9.92. The van der Waals surface area contributed by atoms with Gasteiger partial charge in [-0.3, -0.25) is 4.79 Å². The van der Waals surface area contributed by atoms with Gasteiger partial charge in [0.2, 0.25) is 5.91 Å². The highest BCUT2D eigenvalue weighted by Gasteiger charge is 2.14. The number of aliphatic hydroxyl groups is 1. The van der Waals surface area contributed by atoms with E-state index in [0.717, 1.165) is 5.56 Å². The van der Waals surface area contributed by atoms with Gasteiger partial charge in [0.1, 0.15) is 5.75 Å². The Morgan fingerprint density at radius 1 is 1.33 bits per heavy atom. The van der Waals surface area contributed by atoms with Gasteiger partial charge in [-0.2, -0.15) is 0 Å². The van der Waals surface area contributed by atoms with Crippen molar-refractivity contribution in [3.8, 4) is 5.75 Å². The van der Waals surface area contributed by atoms with Crippen molar-refractivity contribution < 1.29 is 24.5 Å². The Balaban J connectivity index is 2.42. The highest BCUT2D eigenvalue weighted by molar-refractivity contribution is 5.80. The van der Waals surface area contributed by atoms with E-state index < -0.39 is 12.1 Å². The molecule has 98 valence electrons. The van der Waals surface area contributed by atoms with Crippen LogP contribution in [-0.4, -0.2) is 41.8 Å². The maximum Gasteiger partial charge on any atom is 0.334 e. The molecule has 1 atom stereocenters. The lowest BCUT2D eigenvalue weighted by atomic mass is 10.1. The van der Waals surface area contributed by atoms with Crippen molar-refractivity contribution in [2.24, 2.45) is 0 Å². The largest absolute Gasteiger partial charge is 0.497 e. The number of aliphatic hydroxyl groups excluding tert-OH is 1. The number of ether oxygens (including phenoxy) is 1. The lowest BCUT2D eigenvalue weighted by Gasteiger charge is -2.08. The smallest absolute Gasteiger partial charge is 0.334 e. The molecule has 1 amide bonds. The molecule has 1 rings (SSSR count). The van der Waals surface area contributed by atoms with Crippen molar-refractivity contribution in [2.45, 2.75) is 12.5 Å². The van der Waals surface area contributed by atoms with E-state index in [9.17, 15) is 9.59 Å². The summed E-state index contributed by atoms with van der Waals surface area (Å²) in [4.78, 5) is 21.8. The molecule has 0 saturated heterocycles. The molecular weight excluding hydrogens is 238 g/mol. The van der Waals surface area contributed by atoms with Crippen LogP contribution in [-0.2, 0) is 16.0 Å². The molecule has 0 aliphatic carbocycles. The first kappa shape index (κ1) is 14.0. The second kappa shape index (κ2) is 6.61. The summed E-state index contributed by atoms with van der Waals surface area (Å²) in [5.74, 6) is -1.01. The molecule has 6 heteroatoms. The molecule has 0 radical (unpaired) electrons. The topological polar surface area (TPSA) is 95.9 Å². The third-order valence-corrected chi connectivity index (χ3v) is 2.30. The first-order chi connectivity index (χ1) is 8.52.